The number of nitrogens with one attached hydrogen (secondary N) is 2. The fraction of sp³-hybridized carbons (Fsp3) is 0.615. The molecule has 1 aromatic rings. The van der Waals surface area contributed by atoms with E-state index in [0.29, 0.717) is 11.7 Å². The first-order valence-electron chi connectivity index (χ1n) is 6.19. The zero-order valence-electron chi connectivity index (χ0n) is 9.67. The molecular formula is C13H20N2O. The quantitative estimate of drug-likeness (QED) is 0.744. The molecule has 0 spiro atoms. The summed E-state index contributed by atoms with van der Waals surface area (Å²) in [5.41, 5.74) is 1.28. The summed E-state index contributed by atoms with van der Waals surface area (Å²) in [6.07, 6.45) is 6.76. The summed E-state index contributed by atoms with van der Waals surface area (Å²) < 4.78 is 0. The Morgan fingerprint density at radius 2 is 2.19 bits per heavy atom. The summed E-state index contributed by atoms with van der Waals surface area (Å²) in [6, 6.07) is 4.14. The van der Waals surface area contributed by atoms with E-state index in [2.05, 4.69) is 16.4 Å². The van der Waals surface area contributed by atoms with Gasteiger partial charge in [0.1, 0.15) is 5.78 Å². The van der Waals surface area contributed by atoms with Gasteiger partial charge in [0.15, 0.2) is 0 Å². The van der Waals surface area contributed by atoms with Crippen LogP contribution in [0.15, 0.2) is 18.3 Å². The fourth-order valence-corrected chi connectivity index (χ4v) is 2.26. The zero-order valence-corrected chi connectivity index (χ0v) is 9.67. The van der Waals surface area contributed by atoms with Crippen molar-refractivity contribution in [2.45, 2.75) is 32.1 Å². The fourth-order valence-electron chi connectivity index (χ4n) is 2.26. The van der Waals surface area contributed by atoms with E-state index in [4.69, 9.17) is 0 Å². The van der Waals surface area contributed by atoms with Crippen LogP contribution < -0.4 is 5.32 Å². The first-order valence-corrected chi connectivity index (χ1v) is 6.19. The number of Topliss-reactive ketones (excluding diaryl/α,β-unsaturated/α-hetero) is 1. The van der Waals surface area contributed by atoms with Crippen LogP contribution in [0.3, 0.4) is 0 Å². The Labute approximate surface area is 96.6 Å². The molecule has 0 amide bonds. The number of aromatic amines is 1. The second kappa shape index (κ2) is 5.85. The molecule has 1 fully saturated rings. The molecule has 1 aliphatic carbocycles. The van der Waals surface area contributed by atoms with Crippen LogP contribution in [0.4, 0.5) is 0 Å². The van der Waals surface area contributed by atoms with Gasteiger partial charge in [-0.1, -0.05) is 0 Å². The third-order valence-corrected chi connectivity index (χ3v) is 3.33. The van der Waals surface area contributed by atoms with Crippen molar-refractivity contribution in [2.75, 3.05) is 13.1 Å². The van der Waals surface area contributed by atoms with E-state index in [9.17, 15) is 4.79 Å². The number of carbonyl (C=O) groups excluding carboxylic acids is 1. The van der Waals surface area contributed by atoms with Gasteiger partial charge in [-0.05, 0) is 43.9 Å². The van der Waals surface area contributed by atoms with E-state index in [1.807, 2.05) is 12.3 Å². The first kappa shape index (κ1) is 11.4. The van der Waals surface area contributed by atoms with Gasteiger partial charge in [-0.15, -0.1) is 0 Å². The molecule has 1 aliphatic rings. The molecular weight excluding hydrogens is 200 g/mol. The van der Waals surface area contributed by atoms with Gasteiger partial charge < -0.3 is 10.3 Å². The zero-order chi connectivity index (χ0) is 11.2. The number of aromatic nitrogens is 1. The minimum absolute atomic E-state index is 0.447. The van der Waals surface area contributed by atoms with Crippen LogP contribution in [0.5, 0.6) is 0 Å². The number of rotatable bonds is 5. The molecule has 1 aromatic heterocycles. The largest absolute Gasteiger partial charge is 0.365 e. The monoisotopic (exact) mass is 220 g/mol. The van der Waals surface area contributed by atoms with Crippen molar-refractivity contribution >= 4 is 5.78 Å². The molecule has 0 unspecified atom stereocenters. The second-order valence-electron chi connectivity index (χ2n) is 4.63. The molecule has 2 rings (SSSR count). The topological polar surface area (TPSA) is 44.9 Å². The van der Waals surface area contributed by atoms with Gasteiger partial charge in [-0.2, -0.15) is 0 Å². The van der Waals surface area contributed by atoms with Crippen LogP contribution >= 0.6 is 0 Å². The Bertz CT molecular complexity index is 309. The molecule has 0 atom stereocenters. The van der Waals surface area contributed by atoms with E-state index in [1.165, 1.54) is 5.69 Å². The number of hydrogen-bond acceptors (Lipinski definition) is 2. The van der Waals surface area contributed by atoms with Crippen molar-refractivity contribution in [1.82, 2.24) is 10.3 Å². The predicted molar refractivity (Wildman–Crippen MR) is 64.3 cm³/mol. The molecule has 0 radical (unpaired) electrons. The van der Waals surface area contributed by atoms with Crippen LogP contribution in [0.2, 0.25) is 0 Å². The highest BCUT2D eigenvalue weighted by Gasteiger charge is 2.17. The molecule has 16 heavy (non-hydrogen) atoms. The summed E-state index contributed by atoms with van der Waals surface area (Å²) in [5.74, 6) is 1.16. The molecule has 3 heteroatoms. The maximum Gasteiger partial charge on any atom is 0.132 e. The third-order valence-electron chi connectivity index (χ3n) is 3.33. The summed E-state index contributed by atoms with van der Waals surface area (Å²) in [7, 11) is 0. The second-order valence-corrected chi connectivity index (χ2v) is 4.63. The molecule has 2 N–H and O–H groups in total. The summed E-state index contributed by atoms with van der Waals surface area (Å²) in [5, 5.41) is 3.48. The maximum absolute atomic E-state index is 11.1. The van der Waals surface area contributed by atoms with Gasteiger partial charge in [-0.25, -0.2) is 0 Å². The van der Waals surface area contributed by atoms with Crippen molar-refractivity contribution in [3.8, 4) is 0 Å². The van der Waals surface area contributed by atoms with Gasteiger partial charge in [0, 0.05) is 31.3 Å². The van der Waals surface area contributed by atoms with Crippen molar-refractivity contribution < 1.29 is 4.79 Å². The van der Waals surface area contributed by atoms with Gasteiger partial charge in [0.05, 0.1) is 0 Å². The highest BCUT2D eigenvalue weighted by atomic mass is 16.1. The van der Waals surface area contributed by atoms with Gasteiger partial charge in [0.2, 0.25) is 0 Å². The summed E-state index contributed by atoms with van der Waals surface area (Å²) in [4.78, 5) is 14.3. The molecule has 88 valence electrons. The summed E-state index contributed by atoms with van der Waals surface area (Å²) >= 11 is 0. The number of ketones is 1. The lowest BCUT2D eigenvalue weighted by atomic mass is 9.88. The van der Waals surface area contributed by atoms with Crippen molar-refractivity contribution in [3.63, 3.8) is 0 Å². The molecule has 1 saturated carbocycles. The van der Waals surface area contributed by atoms with E-state index >= 15 is 0 Å². The SMILES string of the molecule is O=C1CCC(CNCCc2ccc[nH]2)CC1. The van der Waals surface area contributed by atoms with Crippen molar-refractivity contribution in [3.05, 3.63) is 24.0 Å². The lowest BCUT2D eigenvalue weighted by Crippen LogP contribution is -2.28. The molecule has 0 saturated heterocycles. The minimum atomic E-state index is 0.447. The predicted octanol–water partition coefficient (Wildman–Crippen LogP) is 1.91. The lowest BCUT2D eigenvalue weighted by molar-refractivity contribution is -0.120. The average Bonchev–Trinajstić information content (AvgIpc) is 2.80. The molecule has 1 heterocycles. The highest BCUT2D eigenvalue weighted by molar-refractivity contribution is 5.79. The Balaban J connectivity index is 1.56. The van der Waals surface area contributed by atoms with Crippen molar-refractivity contribution in [2.24, 2.45) is 5.92 Å². The van der Waals surface area contributed by atoms with Crippen molar-refractivity contribution in [1.29, 1.82) is 0 Å². The molecule has 0 aliphatic heterocycles. The van der Waals surface area contributed by atoms with E-state index in [0.717, 1.165) is 45.2 Å². The Hall–Kier alpha value is -1.09. The number of hydrogen-bond donors (Lipinski definition) is 2. The average molecular weight is 220 g/mol. The normalized spacial score (nSPS) is 17.9. The van der Waals surface area contributed by atoms with Crippen LogP contribution in [0.1, 0.15) is 31.4 Å². The Morgan fingerprint density at radius 3 is 2.88 bits per heavy atom. The third kappa shape index (κ3) is 3.49. The van der Waals surface area contributed by atoms with Crippen LogP contribution in [0, 0.1) is 5.92 Å². The minimum Gasteiger partial charge on any atom is -0.365 e. The Kier molecular flexibility index (Phi) is 4.17. The van der Waals surface area contributed by atoms with E-state index in [-0.39, 0.29) is 0 Å². The lowest BCUT2D eigenvalue weighted by Gasteiger charge is -2.21. The Morgan fingerprint density at radius 1 is 1.38 bits per heavy atom. The molecule has 0 bridgehead atoms. The van der Waals surface area contributed by atoms with Crippen LogP contribution in [0.25, 0.3) is 0 Å². The summed E-state index contributed by atoms with van der Waals surface area (Å²) in [6.45, 7) is 2.08. The number of carbonyl (C=O) groups is 1. The van der Waals surface area contributed by atoms with E-state index in [1.54, 1.807) is 0 Å². The van der Waals surface area contributed by atoms with Crippen LogP contribution in [-0.4, -0.2) is 23.9 Å². The van der Waals surface area contributed by atoms with Gasteiger partial charge in [-0.3, -0.25) is 4.79 Å². The maximum atomic E-state index is 11.1. The first-order chi connectivity index (χ1) is 7.84. The number of H-pyrrole nitrogens is 1. The highest BCUT2D eigenvalue weighted by Crippen LogP contribution is 2.20. The van der Waals surface area contributed by atoms with E-state index < -0.39 is 0 Å². The van der Waals surface area contributed by atoms with Gasteiger partial charge in [0.25, 0.3) is 0 Å². The van der Waals surface area contributed by atoms with Crippen LogP contribution in [-0.2, 0) is 11.2 Å². The standard InChI is InChI=1S/C13H20N2O/c16-13-5-3-11(4-6-13)10-14-9-7-12-2-1-8-15-12/h1-2,8,11,14-15H,3-7,9-10H2. The molecule has 0 aromatic carbocycles. The smallest absolute Gasteiger partial charge is 0.132 e. The van der Waals surface area contributed by atoms with Gasteiger partial charge >= 0.3 is 0 Å². The molecule has 3 nitrogen and oxygen atoms in total.